The van der Waals surface area contributed by atoms with Gasteiger partial charge >= 0.3 is 0 Å². The molecule has 2 heteroatoms. The molecule has 88 valence electrons. The molecule has 2 nitrogen and oxygen atoms in total. The van der Waals surface area contributed by atoms with E-state index in [4.69, 9.17) is 0 Å². The van der Waals surface area contributed by atoms with Crippen LogP contribution < -0.4 is 10.2 Å². The Morgan fingerprint density at radius 1 is 1.38 bits per heavy atom. The van der Waals surface area contributed by atoms with E-state index in [1.54, 1.807) is 0 Å². The average molecular weight is 218 g/mol. The summed E-state index contributed by atoms with van der Waals surface area (Å²) in [6.45, 7) is 5.95. The van der Waals surface area contributed by atoms with Gasteiger partial charge in [-0.2, -0.15) is 0 Å². The minimum Gasteiger partial charge on any atom is -0.381 e. The lowest BCUT2D eigenvalue weighted by Gasteiger charge is -2.21. The first-order valence-corrected chi connectivity index (χ1v) is 5.79. The topological polar surface area (TPSA) is 15.3 Å². The van der Waals surface area contributed by atoms with E-state index in [9.17, 15) is 0 Å². The summed E-state index contributed by atoms with van der Waals surface area (Å²) >= 11 is 0. The number of benzene rings is 1. The first-order valence-electron chi connectivity index (χ1n) is 5.79. The lowest BCUT2D eigenvalue weighted by atomic mass is 10.1. The molecule has 0 aromatic heterocycles. The highest BCUT2D eigenvalue weighted by Crippen LogP contribution is 2.24. The highest BCUT2D eigenvalue weighted by atomic mass is 15.1. The predicted molar refractivity (Wildman–Crippen MR) is 73.3 cm³/mol. The molecule has 0 heterocycles. The molecule has 0 radical (unpaired) electrons. The Kier molecular flexibility index (Phi) is 4.90. The number of nitrogens with one attached hydrogen (secondary N) is 1. The normalized spacial score (nSPS) is 11.9. The molecule has 1 N–H and O–H groups in total. The van der Waals surface area contributed by atoms with Crippen LogP contribution in [0.25, 0.3) is 0 Å². The number of para-hydroxylation sites is 2. The number of rotatable bonds is 6. The van der Waals surface area contributed by atoms with E-state index in [1.165, 1.54) is 11.4 Å². The van der Waals surface area contributed by atoms with Crippen LogP contribution in [0.3, 0.4) is 0 Å². The Hall–Kier alpha value is -1.44. The first-order chi connectivity index (χ1) is 7.65. The van der Waals surface area contributed by atoms with E-state index in [-0.39, 0.29) is 0 Å². The van der Waals surface area contributed by atoms with Gasteiger partial charge in [-0.05, 0) is 31.9 Å². The van der Waals surface area contributed by atoms with Crippen LogP contribution in [0, 0.1) is 0 Å². The zero-order chi connectivity index (χ0) is 12.0. The lowest BCUT2D eigenvalue weighted by molar-refractivity contribution is 0.719. The monoisotopic (exact) mass is 218 g/mol. The van der Waals surface area contributed by atoms with Gasteiger partial charge in [-0.15, -0.1) is 6.58 Å². The van der Waals surface area contributed by atoms with Crippen molar-refractivity contribution in [3.63, 3.8) is 0 Å². The minimum absolute atomic E-state index is 0.471. The van der Waals surface area contributed by atoms with Gasteiger partial charge in [0.1, 0.15) is 0 Å². The molecular weight excluding hydrogens is 196 g/mol. The second-order valence-electron chi connectivity index (χ2n) is 4.32. The molecule has 0 saturated heterocycles. The average Bonchev–Trinajstić information content (AvgIpc) is 2.27. The van der Waals surface area contributed by atoms with E-state index in [0.717, 1.165) is 12.8 Å². The molecule has 0 bridgehead atoms. The Balaban J connectivity index is 2.68. The zero-order valence-electron chi connectivity index (χ0n) is 10.5. The zero-order valence-corrected chi connectivity index (χ0v) is 10.5. The van der Waals surface area contributed by atoms with Crippen molar-refractivity contribution in [2.75, 3.05) is 24.3 Å². The number of hydrogen-bond acceptors (Lipinski definition) is 2. The standard InChI is InChI=1S/C14H22N2/c1-5-6-9-12(2)15-13-10-7-8-11-14(13)16(3)4/h5,7-8,10-12,15H,1,6,9H2,2-4H3. The van der Waals surface area contributed by atoms with Crippen LogP contribution >= 0.6 is 0 Å². The van der Waals surface area contributed by atoms with Gasteiger partial charge in [0.2, 0.25) is 0 Å². The molecule has 1 aromatic carbocycles. The largest absolute Gasteiger partial charge is 0.381 e. The van der Waals surface area contributed by atoms with Crippen molar-refractivity contribution < 1.29 is 0 Å². The molecule has 0 saturated carbocycles. The molecule has 16 heavy (non-hydrogen) atoms. The highest BCUT2D eigenvalue weighted by molar-refractivity contribution is 5.69. The molecule has 0 amide bonds. The fraction of sp³-hybridized carbons (Fsp3) is 0.429. The second kappa shape index (κ2) is 6.21. The van der Waals surface area contributed by atoms with Gasteiger partial charge in [0, 0.05) is 20.1 Å². The van der Waals surface area contributed by atoms with Crippen molar-refractivity contribution in [2.45, 2.75) is 25.8 Å². The number of nitrogens with zero attached hydrogens (tertiary/aromatic N) is 1. The van der Waals surface area contributed by atoms with Crippen molar-refractivity contribution >= 4 is 11.4 Å². The summed E-state index contributed by atoms with van der Waals surface area (Å²) in [5, 5.41) is 3.54. The van der Waals surface area contributed by atoms with Crippen molar-refractivity contribution in [3.05, 3.63) is 36.9 Å². The minimum atomic E-state index is 0.471. The van der Waals surface area contributed by atoms with Crippen LogP contribution in [-0.2, 0) is 0 Å². The second-order valence-corrected chi connectivity index (χ2v) is 4.32. The summed E-state index contributed by atoms with van der Waals surface area (Å²) in [5.41, 5.74) is 2.43. The summed E-state index contributed by atoms with van der Waals surface area (Å²) in [6, 6.07) is 8.85. The van der Waals surface area contributed by atoms with Crippen molar-refractivity contribution in [1.82, 2.24) is 0 Å². The third kappa shape index (κ3) is 3.61. The highest BCUT2D eigenvalue weighted by Gasteiger charge is 2.06. The van der Waals surface area contributed by atoms with Crippen LogP contribution in [0.4, 0.5) is 11.4 Å². The van der Waals surface area contributed by atoms with Crippen LogP contribution in [-0.4, -0.2) is 20.1 Å². The molecule has 0 fully saturated rings. The van der Waals surface area contributed by atoms with E-state index in [2.05, 4.69) is 62.1 Å². The van der Waals surface area contributed by atoms with Crippen LogP contribution in [0.15, 0.2) is 36.9 Å². The van der Waals surface area contributed by atoms with Gasteiger partial charge < -0.3 is 10.2 Å². The van der Waals surface area contributed by atoms with Gasteiger partial charge in [0.15, 0.2) is 0 Å². The van der Waals surface area contributed by atoms with Gasteiger partial charge in [0.25, 0.3) is 0 Å². The van der Waals surface area contributed by atoms with Crippen LogP contribution in [0.5, 0.6) is 0 Å². The van der Waals surface area contributed by atoms with E-state index >= 15 is 0 Å². The Bertz CT molecular complexity index is 331. The third-order valence-corrected chi connectivity index (χ3v) is 2.59. The molecule has 1 aromatic rings. The summed E-state index contributed by atoms with van der Waals surface area (Å²) in [4.78, 5) is 2.13. The Morgan fingerprint density at radius 2 is 2.06 bits per heavy atom. The molecule has 1 atom stereocenters. The van der Waals surface area contributed by atoms with E-state index in [1.807, 2.05) is 6.08 Å². The quantitative estimate of drug-likeness (QED) is 0.735. The molecule has 1 unspecified atom stereocenters. The fourth-order valence-electron chi connectivity index (χ4n) is 1.69. The molecular formula is C14H22N2. The van der Waals surface area contributed by atoms with Crippen molar-refractivity contribution in [2.24, 2.45) is 0 Å². The van der Waals surface area contributed by atoms with Gasteiger partial charge in [-0.3, -0.25) is 0 Å². The van der Waals surface area contributed by atoms with Gasteiger partial charge in [-0.1, -0.05) is 18.2 Å². The molecule has 0 spiro atoms. The number of anilines is 2. The summed E-state index contributed by atoms with van der Waals surface area (Å²) < 4.78 is 0. The van der Waals surface area contributed by atoms with Crippen LogP contribution in [0.1, 0.15) is 19.8 Å². The van der Waals surface area contributed by atoms with Gasteiger partial charge in [-0.25, -0.2) is 0 Å². The maximum Gasteiger partial charge on any atom is 0.0596 e. The summed E-state index contributed by atoms with van der Waals surface area (Å²) in [7, 11) is 4.13. The Labute approximate surface area is 99.0 Å². The number of allylic oxidation sites excluding steroid dienone is 1. The van der Waals surface area contributed by atoms with Gasteiger partial charge in [0.05, 0.1) is 11.4 Å². The third-order valence-electron chi connectivity index (χ3n) is 2.59. The molecule has 1 rings (SSSR count). The first kappa shape index (κ1) is 12.6. The maximum absolute atomic E-state index is 3.75. The Morgan fingerprint density at radius 3 is 2.69 bits per heavy atom. The van der Waals surface area contributed by atoms with Crippen molar-refractivity contribution in [3.8, 4) is 0 Å². The molecule has 0 aliphatic heterocycles. The van der Waals surface area contributed by atoms with Crippen molar-refractivity contribution in [1.29, 1.82) is 0 Å². The fourth-order valence-corrected chi connectivity index (χ4v) is 1.69. The molecule has 0 aliphatic carbocycles. The summed E-state index contributed by atoms with van der Waals surface area (Å²) in [5.74, 6) is 0. The predicted octanol–water partition coefficient (Wildman–Crippen LogP) is 3.52. The maximum atomic E-state index is 3.75. The number of hydrogen-bond donors (Lipinski definition) is 1. The SMILES string of the molecule is C=CCCC(C)Nc1ccccc1N(C)C. The molecule has 0 aliphatic rings. The van der Waals surface area contributed by atoms with E-state index < -0.39 is 0 Å². The van der Waals surface area contributed by atoms with E-state index in [0.29, 0.717) is 6.04 Å². The smallest absolute Gasteiger partial charge is 0.0596 e. The van der Waals surface area contributed by atoms with Crippen LogP contribution in [0.2, 0.25) is 0 Å². The lowest BCUT2D eigenvalue weighted by Crippen LogP contribution is -2.18. The summed E-state index contributed by atoms with van der Waals surface area (Å²) in [6.07, 6.45) is 4.14.